The Morgan fingerprint density at radius 3 is 2.93 bits per heavy atom. The Bertz CT molecular complexity index is 460. The van der Waals surface area contributed by atoms with Gasteiger partial charge >= 0.3 is 0 Å². The molecular weight excluding hydrogens is 188 g/mol. The summed E-state index contributed by atoms with van der Waals surface area (Å²) in [6, 6.07) is 5.86. The number of anilines is 1. The van der Waals surface area contributed by atoms with Crippen LogP contribution in [-0.4, -0.2) is 11.1 Å². The highest BCUT2D eigenvalue weighted by atomic mass is 16.5. The van der Waals surface area contributed by atoms with E-state index in [0.717, 1.165) is 22.2 Å². The summed E-state index contributed by atoms with van der Waals surface area (Å²) in [6.45, 7) is 4.69. The highest BCUT2D eigenvalue weighted by Crippen LogP contribution is 2.21. The number of fused-ring (bicyclic) bond motifs is 1. The second-order valence-corrected chi connectivity index (χ2v) is 3.98. The molecule has 0 spiro atoms. The van der Waals surface area contributed by atoms with Gasteiger partial charge in [0.15, 0.2) is 0 Å². The summed E-state index contributed by atoms with van der Waals surface area (Å²) in [7, 11) is 0. The molecule has 15 heavy (non-hydrogen) atoms. The molecule has 2 aromatic rings. The summed E-state index contributed by atoms with van der Waals surface area (Å²) in [5.41, 5.74) is 8.80. The molecule has 1 aromatic carbocycles. The van der Waals surface area contributed by atoms with Gasteiger partial charge in [-0.05, 0) is 32.0 Å². The van der Waals surface area contributed by atoms with Crippen LogP contribution in [0.2, 0.25) is 0 Å². The first kappa shape index (κ1) is 10.1. The molecule has 0 unspecified atom stereocenters. The predicted octanol–water partition coefficient (Wildman–Crippen LogP) is 2.68. The van der Waals surface area contributed by atoms with Crippen LogP contribution in [0.15, 0.2) is 24.4 Å². The van der Waals surface area contributed by atoms with Crippen LogP contribution >= 0.6 is 0 Å². The largest absolute Gasteiger partial charge is 0.399 e. The van der Waals surface area contributed by atoms with Crippen LogP contribution in [-0.2, 0) is 11.3 Å². The summed E-state index contributed by atoms with van der Waals surface area (Å²) in [6.07, 6.45) is 2.22. The Morgan fingerprint density at radius 2 is 2.20 bits per heavy atom. The average molecular weight is 204 g/mol. The van der Waals surface area contributed by atoms with Gasteiger partial charge in [0.25, 0.3) is 0 Å². The highest BCUT2D eigenvalue weighted by molar-refractivity contribution is 5.85. The van der Waals surface area contributed by atoms with Crippen molar-refractivity contribution in [1.82, 2.24) is 4.98 Å². The van der Waals surface area contributed by atoms with Crippen LogP contribution in [0.1, 0.15) is 19.4 Å². The van der Waals surface area contributed by atoms with Gasteiger partial charge in [-0.2, -0.15) is 0 Å². The summed E-state index contributed by atoms with van der Waals surface area (Å²) in [5, 5.41) is 1.15. The second-order valence-electron chi connectivity index (χ2n) is 3.98. The number of aromatic amines is 1. The van der Waals surface area contributed by atoms with Gasteiger partial charge in [-0.25, -0.2) is 0 Å². The lowest BCUT2D eigenvalue weighted by Crippen LogP contribution is -2.01. The van der Waals surface area contributed by atoms with Crippen LogP contribution < -0.4 is 5.73 Å². The first-order valence-electron chi connectivity index (χ1n) is 5.14. The average Bonchev–Trinajstić information content (AvgIpc) is 2.57. The maximum absolute atomic E-state index is 5.75. The quantitative estimate of drug-likeness (QED) is 0.755. The fourth-order valence-corrected chi connectivity index (χ4v) is 1.57. The number of H-pyrrole nitrogens is 1. The fraction of sp³-hybridized carbons (Fsp3) is 0.333. The lowest BCUT2D eigenvalue weighted by molar-refractivity contribution is 0.0664. The number of aromatic nitrogens is 1. The van der Waals surface area contributed by atoms with Gasteiger partial charge in [0.05, 0.1) is 12.7 Å². The third-order valence-electron chi connectivity index (χ3n) is 2.36. The van der Waals surface area contributed by atoms with Crippen molar-refractivity contribution in [3.8, 4) is 0 Å². The smallest absolute Gasteiger partial charge is 0.0741 e. The van der Waals surface area contributed by atoms with Gasteiger partial charge in [-0.15, -0.1) is 0 Å². The van der Waals surface area contributed by atoms with Gasteiger partial charge in [0, 0.05) is 28.4 Å². The number of nitrogens with one attached hydrogen (secondary N) is 1. The molecule has 0 saturated heterocycles. The van der Waals surface area contributed by atoms with Crippen molar-refractivity contribution in [1.29, 1.82) is 0 Å². The number of benzene rings is 1. The number of nitrogen functional groups attached to an aromatic ring is 1. The molecule has 3 heteroatoms. The molecule has 0 radical (unpaired) electrons. The molecule has 0 aliphatic rings. The van der Waals surface area contributed by atoms with Gasteiger partial charge < -0.3 is 15.5 Å². The van der Waals surface area contributed by atoms with Gasteiger partial charge in [-0.3, -0.25) is 0 Å². The lowest BCUT2D eigenvalue weighted by Gasteiger charge is -2.06. The predicted molar refractivity (Wildman–Crippen MR) is 62.6 cm³/mol. The monoisotopic (exact) mass is 204 g/mol. The van der Waals surface area contributed by atoms with Crippen molar-refractivity contribution in [2.75, 3.05) is 5.73 Å². The second kappa shape index (κ2) is 3.95. The summed E-state index contributed by atoms with van der Waals surface area (Å²) in [5.74, 6) is 0. The standard InChI is InChI=1S/C12H16N2O/c1-8(2)15-7-9-6-14-12-4-3-10(13)5-11(9)12/h3-6,8,14H,7,13H2,1-2H3. The first-order valence-corrected chi connectivity index (χ1v) is 5.14. The molecule has 3 nitrogen and oxygen atoms in total. The van der Waals surface area contributed by atoms with Crippen molar-refractivity contribution in [3.05, 3.63) is 30.0 Å². The van der Waals surface area contributed by atoms with Crippen LogP contribution in [0.3, 0.4) is 0 Å². The SMILES string of the molecule is CC(C)OCc1c[nH]c2ccc(N)cc12. The van der Waals surface area contributed by atoms with E-state index < -0.39 is 0 Å². The van der Waals surface area contributed by atoms with Crippen molar-refractivity contribution >= 4 is 16.6 Å². The third-order valence-corrected chi connectivity index (χ3v) is 2.36. The van der Waals surface area contributed by atoms with E-state index in [-0.39, 0.29) is 6.10 Å². The Hall–Kier alpha value is -1.48. The zero-order valence-corrected chi connectivity index (χ0v) is 9.08. The van der Waals surface area contributed by atoms with Crippen molar-refractivity contribution < 1.29 is 4.74 Å². The fourth-order valence-electron chi connectivity index (χ4n) is 1.57. The molecule has 0 bridgehead atoms. The maximum Gasteiger partial charge on any atom is 0.0741 e. The Kier molecular flexibility index (Phi) is 2.64. The minimum atomic E-state index is 0.246. The number of rotatable bonds is 3. The van der Waals surface area contributed by atoms with E-state index in [4.69, 9.17) is 10.5 Å². The molecule has 1 heterocycles. The Balaban J connectivity index is 2.31. The summed E-state index contributed by atoms with van der Waals surface area (Å²) >= 11 is 0. The Morgan fingerprint density at radius 1 is 1.40 bits per heavy atom. The van der Waals surface area contributed by atoms with Gasteiger partial charge in [0.1, 0.15) is 0 Å². The van der Waals surface area contributed by atoms with Crippen LogP contribution in [0, 0.1) is 0 Å². The molecule has 1 aromatic heterocycles. The van der Waals surface area contributed by atoms with E-state index in [1.54, 1.807) is 0 Å². The molecular formula is C12H16N2O. The maximum atomic E-state index is 5.75. The lowest BCUT2D eigenvalue weighted by atomic mass is 10.1. The summed E-state index contributed by atoms with van der Waals surface area (Å²) in [4.78, 5) is 3.20. The molecule has 0 aliphatic heterocycles. The molecule has 0 fully saturated rings. The zero-order chi connectivity index (χ0) is 10.8. The van der Waals surface area contributed by atoms with E-state index in [1.807, 2.05) is 38.2 Å². The van der Waals surface area contributed by atoms with Crippen molar-refractivity contribution in [2.24, 2.45) is 0 Å². The van der Waals surface area contributed by atoms with Crippen molar-refractivity contribution in [2.45, 2.75) is 26.6 Å². The number of ether oxygens (including phenoxy) is 1. The molecule has 80 valence electrons. The normalized spacial score (nSPS) is 11.4. The molecule has 0 saturated carbocycles. The van der Waals surface area contributed by atoms with E-state index in [2.05, 4.69) is 4.98 Å². The van der Waals surface area contributed by atoms with Crippen LogP contribution in [0.5, 0.6) is 0 Å². The first-order chi connectivity index (χ1) is 7.16. The van der Waals surface area contributed by atoms with Gasteiger partial charge in [0.2, 0.25) is 0 Å². The molecule has 0 atom stereocenters. The van der Waals surface area contributed by atoms with E-state index in [9.17, 15) is 0 Å². The Labute approximate surface area is 89.2 Å². The molecule has 3 N–H and O–H groups in total. The summed E-state index contributed by atoms with van der Waals surface area (Å²) < 4.78 is 5.57. The third kappa shape index (κ3) is 2.13. The molecule has 0 amide bonds. The van der Waals surface area contributed by atoms with Crippen LogP contribution in [0.25, 0.3) is 10.9 Å². The number of nitrogens with two attached hydrogens (primary N) is 1. The topological polar surface area (TPSA) is 51.0 Å². The minimum absolute atomic E-state index is 0.246. The minimum Gasteiger partial charge on any atom is -0.399 e. The van der Waals surface area contributed by atoms with Crippen molar-refractivity contribution in [3.63, 3.8) is 0 Å². The number of hydrogen-bond acceptors (Lipinski definition) is 2. The number of hydrogen-bond donors (Lipinski definition) is 2. The van der Waals surface area contributed by atoms with E-state index in [0.29, 0.717) is 6.61 Å². The molecule has 2 rings (SSSR count). The highest BCUT2D eigenvalue weighted by Gasteiger charge is 2.04. The van der Waals surface area contributed by atoms with E-state index in [1.165, 1.54) is 0 Å². The van der Waals surface area contributed by atoms with Gasteiger partial charge in [-0.1, -0.05) is 0 Å². The zero-order valence-electron chi connectivity index (χ0n) is 9.08. The van der Waals surface area contributed by atoms with Crippen LogP contribution in [0.4, 0.5) is 5.69 Å². The van der Waals surface area contributed by atoms with E-state index >= 15 is 0 Å². The molecule has 0 aliphatic carbocycles.